The van der Waals surface area contributed by atoms with Crippen molar-refractivity contribution in [1.82, 2.24) is 15.2 Å². The average Bonchev–Trinajstić information content (AvgIpc) is 3.07. The Morgan fingerprint density at radius 1 is 1.14 bits per heavy atom. The molecule has 9 heteroatoms. The molecule has 0 bridgehead atoms. The van der Waals surface area contributed by atoms with Crippen LogP contribution in [0.2, 0.25) is 0 Å². The van der Waals surface area contributed by atoms with Crippen LogP contribution in [0, 0.1) is 0 Å². The van der Waals surface area contributed by atoms with Crippen molar-refractivity contribution in [2.24, 2.45) is 0 Å². The number of benzene rings is 1. The zero-order valence-electron chi connectivity index (χ0n) is 15.2. The normalized spacial score (nSPS) is 18.1. The molecule has 3 aromatic rings. The summed E-state index contributed by atoms with van der Waals surface area (Å²) in [6.07, 6.45) is 2.24. The van der Waals surface area contributed by atoms with Gasteiger partial charge in [0, 0.05) is 24.7 Å². The van der Waals surface area contributed by atoms with Gasteiger partial charge < -0.3 is 10.2 Å². The zero-order valence-corrected chi connectivity index (χ0v) is 16.1. The number of nitrogens with one attached hydrogen (secondary N) is 1. The molecule has 1 atom stereocenters. The number of sulfone groups is 1. The van der Waals surface area contributed by atoms with Gasteiger partial charge >= 0.3 is 0 Å². The number of anilines is 2. The van der Waals surface area contributed by atoms with Crippen molar-refractivity contribution in [2.75, 3.05) is 28.8 Å². The predicted molar refractivity (Wildman–Crippen MR) is 107 cm³/mol. The highest BCUT2D eigenvalue weighted by molar-refractivity contribution is 7.91. The van der Waals surface area contributed by atoms with Crippen molar-refractivity contribution in [1.29, 1.82) is 0 Å². The van der Waals surface area contributed by atoms with Crippen LogP contribution < -0.4 is 10.2 Å². The lowest BCUT2D eigenvalue weighted by molar-refractivity contribution is 0.102. The van der Waals surface area contributed by atoms with Gasteiger partial charge in [0.1, 0.15) is 0 Å². The van der Waals surface area contributed by atoms with Crippen LogP contribution in [-0.2, 0) is 9.84 Å². The van der Waals surface area contributed by atoms with Crippen LogP contribution in [0.25, 0.3) is 10.9 Å². The fourth-order valence-electron chi connectivity index (χ4n) is 3.29. The lowest BCUT2D eigenvalue weighted by Crippen LogP contribution is -2.33. The van der Waals surface area contributed by atoms with Gasteiger partial charge in [-0.2, -0.15) is 0 Å². The lowest BCUT2D eigenvalue weighted by atomic mass is 10.2. The van der Waals surface area contributed by atoms with E-state index >= 15 is 0 Å². The summed E-state index contributed by atoms with van der Waals surface area (Å²) in [6.45, 7) is 0. The van der Waals surface area contributed by atoms with Gasteiger partial charge in [0.05, 0.1) is 22.7 Å². The SMILES string of the molecule is CN(c1ccc(C(=O)Nc2cccc3cccnc23)nn1)C1CCS(=O)(=O)C1. The summed E-state index contributed by atoms with van der Waals surface area (Å²) < 4.78 is 23.3. The van der Waals surface area contributed by atoms with E-state index in [9.17, 15) is 13.2 Å². The Kier molecular flexibility index (Phi) is 4.68. The van der Waals surface area contributed by atoms with E-state index in [0.29, 0.717) is 23.4 Å². The Morgan fingerprint density at radius 2 is 1.96 bits per heavy atom. The summed E-state index contributed by atoms with van der Waals surface area (Å²) in [7, 11) is -1.19. The summed E-state index contributed by atoms with van der Waals surface area (Å²) >= 11 is 0. The van der Waals surface area contributed by atoms with Gasteiger partial charge in [-0.3, -0.25) is 9.78 Å². The van der Waals surface area contributed by atoms with Gasteiger partial charge in [0.15, 0.2) is 21.3 Å². The minimum absolute atomic E-state index is 0.113. The monoisotopic (exact) mass is 397 g/mol. The van der Waals surface area contributed by atoms with Crippen LogP contribution >= 0.6 is 0 Å². The Balaban J connectivity index is 1.50. The number of nitrogens with zero attached hydrogens (tertiary/aromatic N) is 4. The van der Waals surface area contributed by atoms with E-state index in [1.54, 1.807) is 36.3 Å². The number of pyridine rings is 1. The Hall–Kier alpha value is -3.07. The quantitative estimate of drug-likeness (QED) is 0.717. The van der Waals surface area contributed by atoms with Gasteiger partial charge in [-0.05, 0) is 30.7 Å². The van der Waals surface area contributed by atoms with E-state index in [1.165, 1.54) is 0 Å². The second kappa shape index (κ2) is 7.16. The molecule has 1 aromatic carbocycles. The molecule has 1 N–H and O–H groups in total. The number of rotatable bonds is 4. The third-order valence-electron chi connectivity index (χ3n) is 4.88. The first-order chi connectivity index (χ1) is 13.4. The molecule has 144 valence electrons. The lowest BCUT2D eigenvalue weighted by Gasteiger charge is -2.23. The predicted octanol–water partition coefficient (Wildman–Crippen LogP) is 1.90. The molecule has 1 unspecified atom stereocenters. The number of fused-ring (bicyclic) bond motifs is 1. The fourth-order valence-corrected chi connectivity index (χ4v) is 5.07. The zero-order chi connectivity index (χ0) is 19.7. The molecule has 2 aromatic heterocycles. The highest BCUT2D eigenvalue weighted by Gasteiger charge is 2.31. The number of hydrogen-bond donors (Lipinski definition) is 1. The van der Waals surface area contributed by atoms with Crippen molar-refractivity contribution in [3.8, 4) is 0 Å². The largest absolute Gasteiger partial charge is 0.354 e. The van der Waals surface area contributed by atoms with Crippen molar-refractivity contribution < 1.29 is 13.2 Å². The summed E-state index contributed by atoms with van der Waals surface area (Å²) in [5, 5.41) is 11.9. The van der Waals surface area contributed by atoms with E-state index in [1.807, 2.05) is 24.3 Å². The van der Waals surface area contributed by atoms with Crippen molar-refractivity contribution in [3.63, 3.8) is 0 Å². The number of carbonyl (C=O) groups is 1. The molecule has 8 nitrogen and oxygen atoms in total. The second-order valence-corrected chi connectivity index (χ2v) is 9.01. The van der Waals surface area contributed by atoms with E-state index in [-0.39, 0.29) is 29.1 Å². The summed E-state index contributed by atoms with van der Waals surface area (Å²) in [5.41, 5.74) is 1.47. The minimum atomic E-state index is -2.98. The van der Waals surface area contributed by atoms with Crippen molar-refractivity contribution in [3.05, 3.63) is 54.4 Å². The Bertz CT molecular complexity index is 1130. The van der Waals surface area contributed by atoms with Crippen LogP contribution in [0.4, 0.5) is 11.5 Å². The highest BCUT2D eigenvalue weighted by atomic mass is 32.2. The van der Waals surface area contributed by atoms with E-state index in [4.69, 9.17) is 0 Å². The third-order valence-corrected chi connectivity index (χ3v) is 6.63. The summed E-state index contributed by atoms with van der Waals surface area (Å²) in [5.74, 6) is 0.449. The van der Waals surface area contributed by atoms with Gasteiger partial charge in [0.25, 0.3) is 5.91 Å². The van der Waals surface area contributed by atoms with Gasteiger partial charge in [-0.25, -0.2) is 8.42 Å². The molecule has 4 rings (SSSR count). The Labute approximate surface area is 162 Å². The maximum atomic E-state index is 12.5. The molecule has 1 aliphatic rings. The van der Waals surface area contributed by atoms with E-state index in [2.05, 4.69) is 20.5 Å². The molecule has 1 amide bonds. The molecule has 0 spiro atoms. The number of carbonyl (C=O) groups excluding carboxylic acids is 1. The molecule has 0 radical (unpaired) electrons. The topological polar surface area (TPSA) is 105 Å². The fraction of sp³-hybridized carbons (Fsp3) is 0.263. The van der Waals surface area contributed by atoms with Gasteiger partial charge in [-0.1, -0.05) is 18.2 Å². The van der Waals surface area contributed by atoms with Crippen molar-refractivity contribution >= 4 is 38.2 Å². The second-order valence-electron chi connectivity index (χ2n) is 6.78. The molecule has 1 aliphatic heterocycles. The highest BCUT2D eigenvalue weighted by Crippen LogP contribution is 2.22. The Morgan fingerprint density at radius 3 is 2.68 bits per heavy atom. The van der Waals surface area contributed by atoms with Gasteiger partial charge in [-0.15, -0.1) is 10.2 Å². The van der Waals surface area contributed by atoms with Crippen LogP contribution in [0.1, 0.15) is 16.9 Å². The molecule has 0 saturated carbocycles. The van der Waals surface area contributed by atoms with Crippen LogP contribution in [-0.4, -0.2) is 54.1 Å². The van der Waals surface area contributed by atoms with Crippen LogP contribution in [0.3, 0.4) is 0 Å². The minimum Gasteiger partial charge on any atom is -0.354 e. The summed E-state index contributed by atoms with van der Waals surface area (Å²) in [6, 6.07) is 12.4. The first-order valence-electron chi connectivity index (χ1n) is 8.85. The number of aromatic nitrogens is 3. The first kappa shape index (κ1) is 18.3. The molecular formula is C19H19N5O3S. The van der Waals surface area contributed by atoms with E-state index < -0.39 is 9.84 Å². The molecule has 28 heavy (non-hydrogen) atoms. The standard InChI is InChI=1S/C19H19N5O3S/c1-24(14-9-11-28(26,27)12-14)17-8-7-16(22-23-17)19(25)21-15-6-2-4-13-5-3-10-20-18(13)15/h2-8,10,14H,9,11-12H2,1H3,(H,21,25). The average molecular weight is 397 g/mol. The molecule has 1 saturated heterocycles. The summed E-state index contributed by atoms with van der Waals surface area (Å²) in [4.78, 5) is 18.7. The van der Waals surface area contributed by atoms with Crippen LogP contribution in [0.15, 0.2) is 48.7 Å². The molecule has 1 fully saturated rings. The maximum Gasteiger partial charge on any atom is 0.276 e. The molecule has 3 heterocycles. The molecular weight excluding hydrogens is 378 g/mol. The number of hydrogen-bond acceptors (Lipinski definition) is 7. The van der Waals surface area contributed by atoms with Gasteiger partial charge in [0.2, 0.25) is 0 Å². The first-order valence-corrected chi connectivity index (χ1v) is 10.7. The van der Waals surface area contributed by atoms with E-state index in [0.717, 1.165) is 5.39 Å². The van der Waals surface area contributed by atoms with Crippen molar-refractivity contribution in [2.45, 2.75) is 12.5 Å². The van der Waals surface area contributed by atoms with Crippen LogP contribution in [0.5, 0.6) is 0 Å². The molecule has 0 aliphatic carbocycles. The third kappa shape index (κ3) is 3.65. The maximum absolute atomic E-state index is 12.5. The number of para-hydroxylation sites is 1. The number of amides is 1. The smallest absolute Gasteiger partial charge is 0.276 e.